The van der Waals surface area contributed by atoms with Gasteiger partial charge in [-0.1, -0.05) is 6.42 Å². The van der Waals surface area contributed by atoms with Crippen molar-refractivity contribution in [1.82, 2.24) is 0 Å². The zero-order valence-corrected chi connectivity index (χ0v) is 16.2. The Kier molecular flexibility index (Phi) is 4.19. The lowest BCUT2D eigenvalue weighted by Crippen LogP contribution is -2.60. The molecule has 0 unspecified atom stereocenters. The van der Waals surface area contributed by atoms with E-state index in [2.05, 4.69) is 18.2 Å². The molecular formula is C21H20N4O4. The molecule has 2 bridgehead atoms. The van der Waals surface area contributed by atoms with Crippen LogP contribution >= 0.6 is 0 Å². The molecule has 1 aliphatic carbocycles. The van der Waals surface area contributed by atoms with Crippen molar-refractivity contribution in [3.8, 4) is 29.7 Å². The van der Waals surface area contributed by atoms with Gasteiger partial charge in [0.25, 0.3) is 0 Å². The zero-order chi connectivity index (χ0) is 20.9. The van der Waals surface area contributed by atoms with Crippen LogP contribution in [0.25, 0.3) is 0 Å². The Balaban J connectivity index is 2.00. The molecule has 8 nitrogen and oxygen atoms in total. The normalized spacial score (nSPS) is 34.0. The van der Waals surface area contributed by atoms with Crippen LogP contribution in [-0.4, -0.2) is 25.9 Å². The van der Waals surface area contributed by atoms with Gasteiger partial charge in [0.05, 0.1) is 38.3 Å². The third-order valence-corrected chi connectivity index (χ3v) is 6.54. The Morgan fingerprint density at radius 1 is 1.10 bits per heavy atom. The summed E-state index contributed by atoms with van der Waals surface area (Å²) in [5.41, 5.74) is -3.24. The number of ether oxygens (including phenoxy) is 4. The molecule has 0 amide bonds. The molecule has 29 heavy (non-hydrogen) atoms. The minimum atomic E-state index is -1.97. The lowest BCUT2D eigenvalue weighted by molar-refractivity contribution is -0.294. The largest absolute Gasteiger partial charge is 0.497 e. The molecule has 0 radical (unpaired) electrons. The number of nitrogens with zero attached hydrogens (tertiary/aromatic N) is 3. The Morgan fingerprint density at radius 3 is 2.48 bits per heavy atom. The third-order valence-electron chi connectivity index (χ3n) is 6.54. The quantitative estimate of drug-likeness (QED) is 0.835. The van der Waals surface area contributed by atoms with Crippen molar-refractivity contribution in [1.29, 1.82) is 21.2 Å². The van der Waals surface area contributed by atoms with Crippen molar-refractivity contribution in [2.24, 2.45) is 16.7 Å². The van der Waals surface area contributed by atoms with Crippen LogP contribution in [0.15, 0.2) is 18.2 Å². The van der Waals surface area contributed by atoms with Crippen LogP contribution in [0.5, 0.6) is 11.5 Å². The lowest BCUT2D eigenvalue weighted by Gasteiger charge is -2.51. The molecule has 3 fully saturated rings. The van der Waals surface area contributed by atoms with Gasteiger partial charge in [0.2, 0.25) is 17.1 Å². The number of hydrogen-bond acceptors (Lipinski definition) is 8. The van der Waals surface area contributed by atoms with Gasteiger partial charge in [-0.2, -0.15) is 15.8 Å². The fourth-order valence-electron chi connectivity index (χ4n) is 5.17. The maximum atomic E-state index is 10.3. The average Bonchev–Trinajstić information content (AvgIpc) is 2.97. The minimum absolute atomic E-state index is 0.357. The SMILES string of the molecule is COc1ccc([C@H]2O[C@@]34CCCC[C@H]3[C@@](C#N)(C(=N)O4)C2(C#N)C#N)c(OC)c1. The van der Waals surface area contributed by atoms with Gasteiger partial charge >= 0.3 is 0 Å². The van der Waals surface area contributed by atoms with Gasteiger partial charge in [0.15, 0.2) is 5.41 Å². The van der Waals surface area contributed by atoms with E-state index in [4.69, 9.17) is 24.4 Å². The highest BCUT2D eigenvalue weighted by atomic mass is 16.7. The van der Waals surface area contributed by atoms with Gasteiger partial charge in [-0.25, -0.2) is 0 Å². The van der Waals surface area contributed by atoms with E-state index in [0.29, 0.717) is 29.9 Å². The van der Waals surface area contributed by atoms with Crippen LogP contribution in [0.4, 0.5) is 0 Å². The first-order chi connectivity index (χ1) is 14.0. The van der Waals surface area contributed by atoms with E-state index >= 15 is 0 Å². The van der Waals surface area contributed by atoms with Gasteiger partial charge < -0.3 is 18.9 Å². The third kappa shape index (κ3) is 2.11. The molecule has 4 rings (SSSR count). The Hall–Kier alpha value is -3.28. The number of rotatable bonds is 3. The summed E-state index contributed by atoms with van der Waals surface area (Å²) in [6, 6.07) is 11.3. The number of nitrogens with one attached hydrogen (secondary N) is 1. The molecule has 1 N–H and O–H groups in total. The van der Waals surface area contributed by atoms with E-state index < -0.39 is 28.6 Å². The molecular weight excluding hydrogens is 372 g/mol. The molecule has 1 aromatic rings. The summed E-state index contributed by atoms with van der Waals surface area (Å²) in [5, 5.41) is 39.3. The van der Waals surface area contributed by atoms with Crippen molar-refractivity contribution in [3.63, 3.8) is 0 Å². The smallest absolute Gasteiger partial charge is 0.217 e. The summed E-state index contributed by atoms with van der Waals surface area (Å²) in [7, 11) is 2.99. The summed E-state index contributed by atoms with van der Waals surface area (Å²) in [4.78, 5) is 0. The van der Waals surface area contributed by atoms with Crippen LogP contribution in [0.3, 0.4) is 0 Å². The Labute approximate surface area is 168 Å². The van der Waals surface area contributed by atoms with Crippen molar-refractivity contribution >= 4 is 5.90 Å². The fourth-order valence-corrected chi connectivity index (χ4v) is 5.17. The highest BCUT2D eigenvalue weighted by Gasteiger charge is 2.80. The van der Waals surface area contributed by atoms with Crippen LogP contribution in [0, 0.1) is 56.2 Å². The highest BCUT2D eigenvalue weighted by Crippen LogP contribution is 2.70. The van der Waals surface area contributed by atoms with Gasteiger partial charge in [-0.3, -0.25) is 5.41 Å². The van der Waals surface area contributed by atoms with Crippen molar-refractivity contribution in [3.05, 3.63) is 23.8 Å². The number of nitriles is 3. The fraction of sp³-hybridized carbons (Fsp3) is 0.524. The van der Waals surface area contributed by atoms with Gasteiger partial charge in [0, 0.05) is 18.1 Å². The second kappa shape index (κ2) is 6.37. The van der Waals surface area contributed by atoms with E-state index in [1.165, 1.54) is 14.2 Å². The molecule has 0 spiro atoms. The van der Waals surface area contributed by atoms with E-state index in [-0.39, 0.29) is 5.90 Å². The van der Waals surface area contributed by atoms with E-state index in [1.54, 1.807) is 18.2 Å². The predicted molar refractivity (Wildman–Crippen MR) is 98.6 cm³/mol. The van der Waals surface area contributed by atoms with E-state index in [0.717, 1.165) is 12.8 Å². The number of benzene rings is 1. The summed E-state index contributed by atoms with van der Waals surface area (Å²) in [6.45, 7) is 0. The first kappa shape index (κ1) is 19.1. The molecule has 2 saturated heterocycles. The molecule has 8 heteroatoms. The monoisotopic (exact) mass is 392 g/mol. The van der Waals surface area contributed by atoms with Crippen molar-refractivity contribution in [2.75, 3.05) is 14.2 Å². The van der Waals surface area contributed by atoms with Crippen molar-refractivity contribution in [2.45, 2.75) is 37.6 Å². The first-order valence-electron chi connectivity index (χ1n) is 9.40. The molecule has 148 valence electrons. The molecule has 4 atom stereocenters. The topological polar surface area (TPSA) is 132 Å². The molecule has 2 heterocycles. The molecule has 1 saturated carbocycles. The van der Waals surface area contributed by atoms with Gasteiger partial charge in [-0.05, 0) is 25.0 Å². The van der Waals surface area contributed by atoms with Gasteiger partial charge in [-0.15, -0.1) is 0 Å². The van der Waals surface area contributed by atoms with Crippen LogP contribution in [0.2, 0.25) is 0 Å². The van der Waals surface area contributed by atoms with E-state index in [1.807, 2.05) is 0 Å². The first-order valence-corrected chi connectivity index (χ1v) is 9.40. The number of methoxy groups -OCH3 is 2. The Morgan fingerprint density at radius 2 is 1.86 bits per heavy atom. The maximum absolute atomic E-state index is 10.3. The van der Waals surface area contributed by atoms with Crippen molar-refractivity contribution < 1.29 is 18.9 Å². The zero-order valence-electron chi connectivity index (χ0n) is 16.2. The Bertz CT molecular complexity index is 989. The molecule has 2 aliphatic heterocycles. The summed E-state index contributed by atoms with van der Waals surface area (Å²) >= 11 is 0. The molecule has 1 aromatic carbocycles. The lowest BCUT2D eigenvalue weighted by atomic mass is 9.51. The van der Waals surface area contributed by atoms with Crippen LogP contribution in [0.1, 0.15) is 37.4 Å². The standard InChI is InChI=1S/C21H20N4O4/c1-26-13-6-7-14(15(9-13)27-2)17-19(10-22,11-23)20(12-24)16-5-3-4-8-21(16,28-17)29-18(20)25/h6-7,9,16-17,25H,3-5,8H2,1-2H3/t16-,17+,20-,21+/m0/s1. The van der Waals surface area contributed by atoms with Gasteiger partial charge in [0.1, 0.15) is 17.6 Å². The minimum Gasteiger partial charge on any atom is -0.497 e. The summed E-state index contributed by atoms with van der Waals surface area (Å²) < 4.78 is 23.0. The second-order valence-electron chi connectivity index (χ2n) is 7.60. The number of hydrogen-bond donors (Lipinski definition) is 1. The molecule has 3 aliphatic rings. The van der Waals surface area contributed by atoms with Crippen LogP contribution in [-0.2, 0) is 9.47 Å². The predicted octanol–water partition coefficient (Wildman–Crippen LogP) is 3.21. The second-order valence-corrected chi connectivity index (χ2v) is 7.60. The highest BCUT2D eigenvalue weighted by molar-refractivity contribution is 5.89. The van der Waals surface area contributed by atoms with E-state index in [9.17, 15) is 15.8 Å². The summed E-state index contributed by atoms with van der Waals surface area (Å²) in [6.07, 6.45) is 1.54. The van der Waals surface area contributed by atoms with Crippen LogP contribution < -0.4 is 9.47 Å². The maximum Gasteiger partial charge on any atom is 0.217 e. The molecule has 0 aromatic heterocycles. The summed E-state index contributed by atoms with van der Waals surface area (Å²) in [5.74, 6) is -1.20. The average molecular weight is 392 g/mol.